The Morgan fingerprint density at radius 2 is 1.76 bits per heavy atom. The molecule has 0 saturated carbocycles. The molecule has 1 aromatic carbocycles. The molecular formula is C16H14BrN7S. The predicted octanol–water partition coefficient (Wildman–Crippen LogP) is 3.18. The maximum atomic E-state index is 5.38. The molecule has 0 fully saturated rings. The summed E-state index contributed by atoms with van der Waals surface area (Å²) in [6, 6.07) is 10.2. The minimum absolute atomic E-state index is 0.503. The van der Waals surface area contributed by atoms with Gasteiger partial charge in [-0.3, -0.25) is 19.0 Å². The van der Waals surface area contributed by atoms with Crippen LogP contribution in [-0.4, -0.2) is 34.3 Å². The molecule has 0 aliphatic heterocycles. The second kappa shape index (κ2) is 6.77. The van der Waals surface area contributed by atoms with Gasteiger partial charge in [0.15, 0.2) is 10.6 Å². The van der Waals surface area contributed by atoms with Crippen LogP contribution in [0.3, 0.4) is 0 Å². The molecule has 25 heavy (non-hydrogen) atoms. The van der Waals surface area contributed by atoms with E-state index in [1.807, 2.05) is 39.8 Å². The number of aromatic nitrogens is 7. The van der Waals surface area contributed by atoms with E-state index in [1.165, 1.54) is 5.56 Å². The molecule has 3 aromatic heterocycles. The van der Waals surface area contributed by atoms with Crippen molar-refractivity contribution < 1.29 is 0 Å². The van der Waals surface area contributed by atoms with Crippen molar-refractivity contribution in [2.24, 2.45) is 0 Å². The number of hydrogen-bond acceptors (Lipinski definition) is 4. The number of nitrogens with zero attached hydrogens (tertiary/aromatic N) is 6. The Hall–Kier alpha value is -2.52. The zero-order valence-electron chi connectivity index (χ0n) is 13.1. The van der Waals surface area contributed by atoms with Crippen molar-refractivity contribution in [3.05, 3.63) is 75.8 Å². The smallest absolute Gasteiger partial charge is 0.200 e. The van der Waals surface area contributed by atoms with E-state index in [2.05, 4.69) is 48.5 Å². The minimum atomic E-state index is 0.503. The maximum Gasteiger partial charge on any atom is 0.200 e. The lowest BCUT2D eigenvalue weighted by atomic mass is 10.2. The second-order valence-electron chi connectivity index (χ2n) is 5.52. The molecule has 4 aromatic rings. The normalized spacial score (nSPS) is 11.1. The van der Waals surface area contributed by atoms with Crippen molar-refractivity contribution in [1.29, 1.82) is 0 Å². The van der Waals surface area contributed by atoms with Gasteiger partial charge in [0.1, 0.15) is 6.54 Å². The quantitative estimate of drug-likeness (QED) is 0.508. The van der Waals surface area contributed by atoms with Crippen molar-refractivity contribution in [2.45, 2.75) is 13.1 Å². The van der Waals surface area contributed by atoms with Gasteiger partial charge >= 0.3 is 0 Å². The lowest BCUT2D eigenvalue weighted by Gasteiger charge is -2.04. The summed E-state index contributed by atoms with van der Waals surface area (Å²) in [5.74, 6) is 0.764. The lowest BCUT2D eigenvalue weighted by Crippen LogP contribution is -2.07. The van der Waals surface area contributed by atoms with E-state index in [0.717, 1.165) is 16.0 Å². The van der Waals surface area contributed by atoms with Crippen molar-refractivity contribution in [3.63, 3.8) is 0 Å². The number of benzene rings is 1. The van der Waals surface area contributed by atoms with Crippen molar-refractivity contribution in [3.8, 4) is 5.69 Å². The van der Waals surface area contributed by atoms with Crippen LogP contribution in [0.25, 0.3) is 5.69 Å². The molecule has 0 unspecified atom stereocenters. The fraction of sp³-hybridized carbons (Fsp3) is 0.125. The average Bonchev–Trinajstić information content (AvgIpc) is 3.31. The van der Waals surface area contributed by atoms with Gasteiger partial charge in [-0.05, 0) is 33.7 Å². The Bertz CT molecular complexity index is 1040. The van der Waals surface area contributed by atoms with Crippen LogP contribution in [0.4, 0.5) is 0 Å². The lowest BCUT2D eigenvalue weighted by molar-refractivity contribution is 0.643. The maximum absolute atomic E-state index is 5.38. The molecule has 0 radical (unpaired) electrons. The van der Waals surface area contributed by atoms with Crippen LogP contribution in [-0.2, 0) is 13.1 Å². The molecule has 1 N–H and O–H groups in total. The third kappa shape index (κ3) is 3.47. The number of halogens is 1. The van der Waals surface area contributed by atoms with Gasteiger partial charge in [-0.15, -0.1) is 0 Å². The SMILES string of the molecule is S=c1[nH]nc(Cn2cc(Br)cn2)n1-c1cnn(Cc2ccccc2)c1. The van der Waals surface area contributed by atoms with Crippen LogP contribution in [0.15, 0.2) is 59.6 Å². The van der Waals surface area contributed by atoms with Gasteiger partial charge in [-0.1, -0.05) is 30.3 Å². The van der Waals surface area contributed by atoms with Crippen LogP contribution in [0.5, 0.6) is 0 Å². The third-order valence-corrected chi connectivity index (χ3v) is 4.40. The molecule has 3 heterocycles. The summed E-state index contributed by atoms with van der Waals surface area (Å²) in [4.78, 5) is 0. The number of nitrogens with one attached hydrogen (secondary N) is 1. The molecule has 0 spiro atoms. The standard InChI is InChI=1S/C16H14BrN7S/c17-13-6-18-23(9-13)11-15-20-21-16(25)24(15)14-7-19-22(10-14)8-12-4-2-1-3-5-12/h1-7,9-10H,8,11H2,(H,21,25). The molecule has 0 amide bonds. The Labute approximate surface area is 157 Å². The van der Waals surface area contributed by atoms with E-state index in [9.17, 15) is 0 Å². The van der Waals surface area contributed by atoms with E-state index in [-0.39, 0.29) is 0 Å². The van der Waals surface area contributed by atoms with E-state index < -0.39 is 0 Å². The Morgan fingerprint density at radius 1 is 1.00 bits per heavy atom. The molecule has 0 atom stereocenters. The van der Waals surface area contributed by atoms with Crippen LogP contribution < -0.4 is 0 Å². The number of rotatable bonds is 5. The monoisotopic (exact) mass is 415 g/mol. The summed E-state index contributed by atoms with van der Waals surface area (Å²) in [6.45, 7) is 1.20. The molecule has 0 saturated heterocycles. The molecule has 0 bridgehead atoms. The Kier molecular flexibility index (Phi) is 4.33. The zero-order chi connectivity index (χ0) is 17.2. The Morgan fingerprint density at radius 3 is 2.52 bits per heavy atom. The fourth-order valence-electron chi connectivity index (χ4n) is 2.60. The summed E-state index contributed by atoms with van der Waals surface area (Å²) < 4.78 is 7.00. The second-order valence-corrected chi connectivity index (χ2v) is 6.82. The molecule has 126 valence electrons. The van der Waals surface area contributed by atoms with Crippen molar-refractivity contribution >= 4 is 28.1 Å². The van der Waals surface area contributed by atoms with Gasteiger partial charge in [0.05, 0.1) is 29.1 Å². The molecule has 9 heteroatoms. The first-order valence-electron chi connectivity index (χ1n) is 7.60. The van der Waals surface area contributed by atoms with Crippen LogP contribution >= 0.6 is 28.1 Å². The fourth-order valence-corrected chi connectivity index (χ4v) is 3.18. The summed E-state index contributed by atoms with van der Waals surface area (Å²) in [5, 5.41) is 15.9. The summed E-state index contributed by atoms with van der Waals surface area (Å²) >= 11 is 8.78. The molecule has 7 nitrogen and oxygen atoms in total. The topological polar surface area (TPSA) is 69.2 Å². The first-order chi connectivity index (χ1) is 12.2. The molecular weight excluding hydrogens is 402 g/mol. The van der Waals surface area contributed by atoms with Crippen LogP contribution in [0.2, 0.25) is 0 Å². The van der Waals surface area contributed by atoms with Gasteiger partial charge in [0, 0.05) is 12.4 Å². The summed E-state index contributed by atoms with van der Waals surface area (Å²) in [7, 11) is 0. The number of aromatic amines is 1. The van der Waals surface area contributed by atoms with Crippen molar-refractivity contribution in [2.75, 3.05) is 0 Å². The van der Waals surface area contributed by atoms with Gasteiger partial charge in [0.25, 0.3) is 0 Å². The number of hydrogen-bond donors (Lipinski definition) is 1. The first-order valence-corrected chi connectivity index (χ1v) is 8.80. The molecule has 0 aliphatic carbocycles. The third-order valence-electron chi connectivity index (χ3n) is 3.71. The van der Waals surface area contributed by atoms with Crippen LogP contribution in [0.1, 0.15) is 11.4 Å². The number of H-pyrrole nitrogens is 1. The highest BCUT2D eigenvalue weighted by atomic mass is 79.9. The average molecular weight is 416 g/mol. The first kappa shape index (κ1) is 16.0. The van der Waals surface area contributed by atoms with E-state index in [4.69, 9.17) is 12.2 Å². The molecule has 0 aliphatic rings. The highest BCUT2D eigenvalue weighted by Crippen LogP contribution is 2.14. The van der Waals surface area contributed by atoms with Gasteiger partial charge in [-0.2, -0.15) is 15.3 Å². The largest absolute Gasteiger partial charge is 0.267 e. The zero-order valence-corrected chi connectivity index (χ0v) is 15.5. The van der Waals surface area contributed by atoms with E-state index in [1.54, 1.807) is 17.1 Å². The Balaban J connectivity index is 1.62. The van der Waals surface area contributed by atoms with E-state index in [0.29, 0.717) is 17.9 Å². The van der Waals surface area contributed by atoms with E-state index >= 15 is 0 Å². The summed E-state index contributed by atoms with van der Waals surface area (Å²) in [6.07, 6.45) is 7.38. The van der Waals surface area contributed by atoms with Crippen molar-refractivity contribution in [1.82, 2.24) is 34.3 Å². The highest BCUT2D eigenvalue weighted by Gasteiger charge is 2.12. The minimum Gasteiger partial charge on any atom is -0.267 e. The van der Waals surface area contributed by atoms with Gasteiger partial charge < -0.3 is 0 Å². The van der Waals surface area contributed by atoms with Gasteiger partial charge in [0.2, 0.25) is 0 Å². The molecule has 4 rings (SSSR count). The van der Waals surface area contributed by atoms with Crippen LogP contribution in [0, 0.1) is 4.77 Å². The predicted molar refractivity (Wildman–Crippen MR) is 99.1 cm³/mol. The highest BCUT2D eigenvalue weighted by molar-refractivity contribution is 9.10. The van der Waals surface area contributed by atoms with Gasteiger partial charge in [-0.25, -0.2) is 0 Å². The summed E-state index contributed by atoms with van der Waals surface area (Å²) in [5.41, 5.74) is 2.06.